The minimum Gasteiger partial charge on any atom is -0.454 e. The summed E-state index contributed by atoms with van der Waals surface area (Å²) in [5.74, 6) is 3.44. The molecule has 0 saturated heterocycles. The fourth-order valence-electron chi connectivity index (χ4n) is 4.85. The van der Waals surface area contributed by atoms with Gasteiger partial charge in [0, 0.05) is 17.3 Å². The maximum Gasteiger partial charge on any atom is 0.178 e. The van der Waals surface area contributed by atoms with E-state index in [2.05, 4.69) is 80.7 Å². The summed E-state index contributed by atoms with van der Waals surface area (Å²) in [7, 11) is 2.31. The van der Waals surface area contributed by atoms with Crippen molar-refractivity contribution in [2.75, 3.05) is 0 Å². The van der Waals surface area contributed by atoms with Gasteiger partial charge in [-0.25, -0.2) is 0 Å². The third-order valence-electron chi connectivity index (χ3n) is 6.27. The fraction of sp³-hybridized carbons (Fsp3) is 0.120. The standard InChI is InChI=1S/C25H19BO2/c26-25(16-8-2-1-3-9-16)18-11-5-4-10-17(18)23-19(25)14-15-22-24(23)28-21-13-7-6-12-20(21)27-22/h1-5,7-11,13-15H,6,12,26H2. The Labute approximate surface area is 165 Å². The molecule has 3 aromatic rings. The van der Waals surface area contributed by atoms with Crippen LogP contribution in [0.2, 0.25) is 0 Å². The van der Waals surface area contributed by atoms with Crippen molar-refractivity contribution >= 4 is 7.85 Å². The summed E-state index contributed by atoms with van der Waals surface area (Å²) in [6, 6.07) is 23.7. The van der Waals surface area contributed by atoms with Gasteiger partial charge in [0.15, 0.2) is 17.3 Å². The Morgan fingerprint density at radius 1 is 0.821 bits per heavy atom. The monoisotopic (exact) mass is 362 g/mol. The van der Waals surface area contributed by atoms with Crippen molar-refractivity contribution in [3.05, 3.63) is 107 Å². The van der Waals surface area contributed by atoms with E-state index in [-0.39, 0.29) is 5.31 Å². The molecule has 3 heteroatoms. The highest BCUT2D eigenvalue weighted by atomic mass is 16.6. The van der Waals surface area contributed by atoms with E-state index in [1.807, 2.05) is 6.08 Å². The molecule has 1 atom stereocenters. The number of allylic oxidation sites excluding steroid dienone is 3. The number of hydrogen-bond acceptors (Lipinski definition) is 2. The van der Waals surface area contributed by atoms with Gasteiger partial charge in [-0.3, -0.25) is 0 Å². The quantitative estimate of drug-likeness (QED) is 0.572. The lowest BCUT2D eigenvalue weighted by Crippen LogP contribution is -2.27. The van der Waals surface area contributed by atoms with Crippen molar-refractivity contribution in [1.82, 2.24) is 0 Å². The Hall–Kier alpha value is -3.20. The summed E-state index contributed by atoms with van der Waals surface area (Å²) < 4.78 is 12.7. The molecule has 0 fully saturated rings. The second-order valence-electron chi connectivity index (χ2n) is 7.78. The van der Waals surface area contributed by atoms with Gasteiger partial charge in [0.25, 0.3) is 0 Å². The maximum absolute atomic E-state index is 6.43. The fourth-order valence-corrected chi connectivity index (χ4v) is 4.85. The summed E-state index contributed by atoms with van der Waals surface area (Å²) in [6.07, 6.45) is 6.08. The summed E-state index contributed by atoms with van der Waals surface area (Å²) in [6.45, 7) is 0. The molecule has 0 radical (unpaired) electrons. The van der Waals surface area contributed by atoms with E-state index < -0.39 is 0 Å². The van der Waals surface area contributed by atoms with E-state index in [1.54, 1.807) is 0 Å². The van der Waals surface area contributed by atoms with Crippen LogP contribution in [0.4, 0.5) is 0 Å². The van der Waals surface area contributed by atoms with Crippen LogP contribution >= 0.6 is 0 Å². The average molecular weight is 362 g/mol. The zero-order valence-corrected chi connectivity index (χ0v) is 15.7. The molecule has 1 aliphatic heterocycles. The van der Waals surface area contributed by atoms with Gasteiger partial charge in [-0.05, 0) is 40.8 Å². The van der Waals surface area contributed by atoms with Crippen molar-refractivity contribution in [3.8, 4) is 22.6 Å². The Morgan fingerprint density at radius 2 is 1.64 bits per heavy atom. The molecule has 0 bridgehead atoms. The van der Waals surface area contributed by atoms with Crippen LogP contribution in [0.5, 0.6) is 11.5 Å². The average Bonchev–Trinajstić information content (AvgIpc) is 3.03. The van der Waals surface area contributed by atoms with Crippen molar-refractivity contribution in [3.63, 3.8) is 0 Å². The predicted molar refractivity (Wildman–Crippen MR) is 113 cm³/mol. The lowest BCUT2D eigenvalue weighted by molar-refractivity contribution is 0.290. The molecular formula is C25H19BO2. The minimum atomic E-state index is -0.220. The van der Waals surface area contributed by atoms with Gasteiger partial charge in [-0.15, -0.1) is 0 Å². The van der Waals surface area contributed by atoms with Crippen molar-refractivity contribution in [2.45, 2.75) is 18.2 Å². The second-order valence-corrected chi connectivity index (χ2v) is 7.78. The van der Waals surface area contributed by atoms with Crippen molar-refractivity contribution in [2.24, 2.45) is 0 Å². The molecule has 0 amide bonds. The van der Waals surface area contributed by atoms with E-state index in [1.165, 1.54) is 22.3 Å². The van der Waals surface area contributed by atoms with Crippen LogP contribution < -0.4 is 9.47 Å². The summed E-state index contributed by atoms with van der Waals surface area (Å²) in [5.41, 5.74) is 6.26. The molecule has 1 unspecified atom stereocenters. The van der Waals surface area contributed by atoms with E-state index in [0.29, 0.717) is 0 Å². The van der Waals surface area contributed by atoms with Crippen LogP contribution in [-0.2, 0) is 5.31 Å². The van der Waals surface area contributed by atoms with Crippen LogP contribution in [0.15, 0.2) is 90.4 Å². The van der Waals surface area contributed by atoms with Crippen molar-refractivity contribution in [1.29, 1.82) is 0 Å². The molecule has 1 heterocycles. The third kappa shape index (κ3) is 1.99. The van der Waals surface area contributed by atoms with Crippen LogP contribution in [0.3, 0.4) is 0 Å². The van der Waals surface area contributed by atoms with Gasteiger partial charge in [0.05, 0.1) is 0 Å². The molecular weight excluding hydrogens is 343 g/mol. The highest BCUT2D eigenvalue weighted by molar-refractivity contribution is 6.24. The molecule has 2 nitrogen and oxygen atoms in total. The summed E-state index contributed by atoms with van der Waals surface area (Å²) in [5, 5.41) is -0.220. The van der Waals surface area contributed by atoms with Gasteiger partial charge in [0.2, 0.25) is 0 Å². The highest BCUT2D eigenvalue weighted by Gasteiger charge is 2.43. The molecule has 2 aliphatic carbocycles. The SMILES string of the molecule is BC1(c2ccccc2)c2ccccc2-c2c1ccc1c2OC2=C(CCC=C2)O1. The zero-order valence-electron chi connectivity index (χ0n) is 15.7. The van der Waals surface area contributed by atoms with Crippen molar-refractivity contribution < 1.29 is 9.47 Å². The molecule has 0 N–H and O–H groups in total. The van der Waals surface area contributed by atoms with Gasteiger partial charge in [-0.2, -0.15) is 0 Å². The first kappa shape index (κ1) is 15.8. The minimum absolute atomic E-state index is 0.220. The second kappa shape index (κ2) is 5.65. The Balaban J connectivity index is 1.63. The van der Waals surface area contributed by atoms with Crippen LogP contribution in [0.1, 0.15) is 29.5 Å². The van der Waals surface area contributed by atoms with Gasteiger partial charge >= 0.3 is 0 Å². The van der Waals surface area contributed by atoms with Crippen LogP contribution in [0, 0.1) is 0 Å². The van der Waals surface area contributed by atoms with Gasteiger partial charge < -0.3 is 9.47 Å². The van der Waals surface area contributed by atoms with Gasteiger partial charge in [0.1, 0.15) is 13.6 Å². The first-order valence-corrected chi connectivity index (χ1v) is 9.85. The maximum atomic E-state index is 6.43. The normalized spacial score (nSPS) is 21.1. The first-order chi connectivity index (χ1) is 13.8. The topological polar surface area (TPSA) is 18.5 Å². The van der Waals surface area contributed by atoms with E-state index in [9.17, 15) is 0 Å². The smallest absolute Gasteiger partial charge is 0.178 e. The molecule has 134 valence electrons. The Bertz CT molecular complexity index is 1180. The molecule has 0 spiro atoms. The zero-order chi connectivity index (χ0) is 18.7. The van der Waals surface area contributed by atoms with Gasteiger partial charge in [-0.1, -0.05) is 66.7 Å². The van der Waals surface area contributed by atoms with E-state index >= 15 is 0 Å². The molecule has 0 saturated carbocycles. The summed E-state index contributed by atoms with van der Waals surface area (Å²) >= 11 is 0. The highest BCUT2D eigenvalue weighted by Crippen LogP contribution is 2.57. The number of ether oxygens (including phenoxy) is 2. The van der Waals surface area contributed by atoms with E-state index in [4.69, 9.17) is 9.47 Å². The third-order valence-corrected chi connectivity index (χ3v) is 6.27. The Kier molecular flexibility index (Phi) is 3.19. The molecule has 3 aromatic carbocycles. The summed E-state index contributed by atoms with van der Waals surface area (Å²) in [4.78, 5) is 0. The number of rotatable bonds is 1. The first-order valence-electron chi connectivity index (χ1n) is 9.85. The number of fused-ring (bicyclic) bond motifs is 5. The van der Waals surface area contributed by atoms with E-state index in [0.717, 1.165) is 41.4 Å². The molecule has 0 aromatic heterocycles. The number of benzene rings is 3. The Morgan fingerprint density at radius 3 is 2.54 bits per heavy atom. The lowest BCUT2D eigenvalue weighted by atomic mass is 9.58. The molecule has 3 aliphatic rings. The number of hydrogen-bond donors (Lipinski definition) is 0. The van der Waals surface area contributed by atoms with Crippen LogP contribution in [0.25, 0.3) is 11.1 Å². The predicted octanol–water partition coefficient (Wildman–Crippen LogP) is 4.92. The largest absolute Gasteiger partial charge is 0.454 e. The lowest BCUT2D eigenvalue weighted by Gasteiger charge is -2.30. The molecule has 6 rings (SSSR count). The van der Waals surface area contributed by atoms with Crippen LogP contribution in [-0.4, -0.2) is 7.85 Å². The molecule has 28 heavy (non-hydrogen) atoms.